The minimum atomic E-state index is 0.0111. The summed E-state index contributed by atoms with van der Waals surface area (Å²) >= 11 is 0. The molecule has 0 N–H and O–H groups in total. The number of nitrogens with zero attached hydrogens (tertiary/aromatic N) is 1. The van der Waals surface area contributed by atoms with Gasteiger partial charge >= 0.3 is 0 Å². The molecule has 2 nitrogen and oxygen atoms in total. The van der Waals surface area contributed by atoms with Crippen molar-refractivity contribution >= 4 is 5.90 Å². The van der Waals surface area contributed by atoms with E-state index in [9.17, 15) is 0 Å². The first-order valence-corrected chi connectivity index (χ1v) is 10.5. The van der Waals surface area contributed by atoms with Crippen molar-refractivity contribution in [2.45, 2.75) is 116 Å². The lowest BCUT2D eigenvalue weighted by Gasteiger charge is -2.07. The summed E-state index contributed by atoms with van der Waals surface area (Å²) in [5.41, 5.74) is 0.0111. The van der Waals surface area contributed by atoms with Gasteiger partial charge in [0, 0.05) is 6.42 Å². The van der Waals surface area contributed by atoms with Gasteiger partial charge in [0.05, 0.1) is 5.54 Å². The van der Waals surface area contributed by atoms with Gasteiger partial charge in [-0.2, -0.15) is 0 Å². The van der Waals surface area contributed by atoms with E-state index in [0.717, 1.165) is 18.9 Å². The van der Waals surface area contributed by atoms with E-state index in [4.69, 9.17) is 4.74 Å². The first kappa shape index (κ1) is 21.3. The Kier molecular flexibility index (Phi) is 12.0. The molecule has 0 atom stereocenters. The number of allylic oxidation sites excluding steroid dienone is 2. The van der Waals surface area contributed by atoms with Gasteiger partial charge in [-0.05, 0) is 46.0 Å². The fourth-order valence-corrected chi connectivity index (χ4v) is 3.14. The van der Waals surface area contributed by atoms with Crippen molar-refractivity contribution in [3.8, 4) is 0 Å². The number of unbranched alkanes of at least 4 members (excludes halogenated alkanes) is 11. The van der Waals surface area contributed by atoms with Crippen molar-refractivity contribution in [1.82, 2.24) is 0 Å². The minimum Gasteiger partial charge on any atom is -0.478 e. The zero-order valence-corrected chi connectivity index (χ0v) is 16.6. The summed E-state index contributed by atoms with van der Waals surface area (Å²) < 4.78 is 5.63. The average molecular weight is 336 g/mol. The Bertz CT molecular complexity index is 357. The second-order valence-electron chi connectivity index (χ2n) is 7.94. The van der Waals surface area contributed by atoms with Gasteiger partial charge in [-0.1, -0.05) is 70.4 Å². The maximum absolute atomic E-state index is 5.63. The highest BCUT2D eigenvalue weighted by Gasteiger charge is 2.25. The highest BCUT2D eigenvalue weighted by atomic mass is 16.5. The molecule has 0 spiro atoms. The van der Waals surface area contributed by atoms with Gasteiger partial charge < -0.3 is 4.74 Å². The molecule has 1 aliphatic rings. The van der Waals surface area contributed by atoms with Crippen molar-refractivity contribution in [1.29, 1.82) is 0 Å². The lowest BCUT2D eigenvalue weighted by Crippen LogP contribution is -2.17. The van der Waals surface area contributed by atoms with Gasteiger partial charge in [0.15, 0.2) is 5.90 Å². The summed E-state index contributed by atoms with van der Waals surface area (Å²) in [6, 6.07) is 0. The second kappa shape index (κ2) is 13.5. The fraction of sp³-hybridized carbons (Fsp3) is 0.864. The SMILES string of the molecule is CCCCCCCC/C=C\CCCCCCCC1=NC(C)(C)CO1. The Hall–Kier alpha value is -0.790. The summed E-state index contributed by atoms with van der Waals surface area (Å²) in [5.74, 6) is 0.984. The highest BCUT2D eigenvalue weighted by molar-refractivity contribution is 5.78. The van der Waals surface area contributed by atoms with E-state index < -0.39 is 0 Å². The normalized spacial score (nSPS) is 16.5. The van der Waals surface area contributed by atoms with Crippen molar-refractivity contribution in [2.75, 3.05) is 6.61 Å². The predicted octanol–water partition coefficient (Wildman–Crippen LogP) is 7.23. The van der Waals surface area contributed by atoms with Gasteiger partial charge in [-0.15, -0.1) is 0 Å². The van der Waals surface area contributed by atoms with Gasteiger partial charge in [-0.3, -0.25) is 0 Å². The van der Waals surface area contributed by atoms with Crippen molar-refractivity contribution in [2.24, 2.45) is 4.99 Å². The molecular formula is C22H41NO. The minimum absolute atomic E-state index is 0.0111. The molecule has 1 aliphatic heterocycles. The molecule has 24 heavy (non-hydrogen) atoms. The van der Waals surface area contributed by atoms with Crippen LogP contribution in [0.3, 0.4) is 0 Å². The monoisotopic (exact) mass is 335 g/mol. The fourth-order valence-electron chi connectivity index (χ4n) is 3.14. The van der Waals surface area contributed by atoms with Crippen molar-refractivity contribution < 1.29 is 4.74 Å². The summed E-state index contributed by atoms with van der Waals surface area (Å²) in [6.07, 6.45) is 23.4. The number of ether oxygens (including phenoxy) is 1. The van der Waals surface area contributed by atoms with Gasteiger partial charge in [0.2, 0.25) is 0 Å². The molecule has 0 bridgehead atoms. The number of rotatable bonds is 15. The van der Waals surface area contributed by atoms with E-state index in [1.165, 1.54) is 83.5 Å². The van der Waals surface area contributed by atoms with Crippen LogP contribution in [0.15, 0.2) is 17.1 Å². The lowest BCUT2D eigenvalue weighted by atomic mass is 10.1. The lowest BCUT2D eigenvalue weighted by molar-refractivity contribution is 0.273. The van der Waals surface area contributed by atoms with Crippen LogP contribution in [0.5, 0.6) is 0 Å². The molecule has 0 saturated carbocycles. The number of hydrogen-bond acceptors (Lipinski definition) is 2. The van der Waals surface area contributed by atoms with Crippen molar-refractivity contribution in [3.05, 3.63) is 12.2 Å². The van der Waals surface area contributed by atoms with E-state index in [2.05, 4.69) is 37.9 Å². The van der Waals surface area contributed by atoms with Crippen LogP contribution in [0.25, 0.3) is 0 Å². The molecule has 0 unspecified atom stereocenters. The maximum Gasteiger partial charge on any atom is 0.183 e. The molecule has 0 amide bonds. The summed E-state index contributed by atoms with van der Waals surface area (Å²) in [7, 11) is 0. The molecule has 1 rings (SSSR count). The topological polar surface area (TPSA) is 21.6 Å². The first-order chi connectivity index (χ1) is 11.6. The predicted molar refractivity (Wildman–Crippen MR) is 107 cm³/mol. The molecular weight excluding hydrogens is 294 g/mol. The molecule has 0 radical (unpaired) electrons. The van der Waals surface area contributed by atoms with Gasteiger partial charge in [0.25, 0.3) is 0 Å². The Morgan fingerprint density at radius 2 is 1.38 bits per heavy atom. The standard InChI is InChI=1S/C22H41NO/c1-4-5-6-7-8-9-10-11-12-13-14-15-16-17-18-19-21-23-22(2,3)20-24-21/h11-12H,4-10,13-20H2,1-3H3/b12-11-. The largest absolute Gasteiger partial charge is 0.478 e. The van der Waals surface area contributed by atoms with Crippen LogP contribution in [0, 0.1) is 0 Å². The number of aliphatic imine (C=N–C) groups is 1. The molecule has 2 heteroatoms. The zero-order chi connectivity index (χ0) is 17.5. The molecule has 0 aliphatic carbocycles. The van der Waals surface area contributed by atoms with E-state index >= 15 is 0 Å². The summed E-state index contributed by atoms with van der Waals surface area (Å²) in [5, 5.41) is 0. The third kappa shape index (κ3) is 11.7. The van der Waals surface area contributed by atoms with E-state index in [-0.39, 0.29) is 5.54 Å². The van der Waals surface area contributed by atoms with Crippen molar-refractivity contribution in [3.63, 3.8) is 0 Å². The van der Waals surface area contributed by atoms with Crippen LogP contribution in [0.4, 0.5) is 0 Å². The Morgan fingerprint density at radius 3 is 1.92 bits per heavy atom. The van der Waals surface area contributed by atoms with E-state index in [1.807, 2.05) is 0 Å². The van der Waals surface area contributed by atoms with E-state index in [1.54, 1.807) is 0 Å². The smallest absolute Gasteiger partial charge is 0.183 e. The van der Waals surface area contributed by atoms with Gasteiger partial charge in [0.1, 0.15) is 6.61 Å². The first-order valence-electron chi connectivity index (χ1n) is 10.5. The Labute approximate surface area is 151 Å². The van der Waals surface area contributed by atoms with Crippen LogP contribution in [-0.4, -0.2) is 18.0 Å². The third-order valence-corrected chi connectivity index (χ3v) is 4.67. The maximum atomic E-state index is 5.63. The molecule has 140 valence electrons. The summed E-state index contributed by atoms with van der Waals surface area (Å²) in [4.78, 5) is 4.61. The molecule has 0 fully saturated rings. The van der Waals surface area contributed by atoms with Crippen LogP contribution in [-0.2, 0) is 4.74 Å². The molecule has 0 aromatic carbocycles. The van der Waals surface area contributed by atoms with Crippen LogP contribution < -0.4 is 0 Å². The molecule has 0 aromatic rings. The zero-order valence-electron chi connectivity index (χ0n) is 16.6. The Balaban J connectivity index is 1.80. The Morgan fingerprint density at radius 1 is 0.833 bits per heavy atom. The quantitative estimate of drug-likeness (QED) is 0.228. The summed E-state index contributed by atoms with van der Waals surface area (Å²) in [6.45, 7) is 7.32. The molecule has 1 heterocycles. The van der Waals surface area contributed by atoms with Crippen LogP contribution in [0.1, 0.15) is 111 Å². The molecule has 0 aromatic heterocycles. The molecule has 0 saturated heterocycles. The van der Waals surface area contributed by atoms with Crippen LogP contribution >= 0.6 is 0 Å². The highest BCUT2D eigenvalue weighted by Crippen LogP contribution is 2.19. The van der Waals surface area contributed by atoms with Gasteiger partial charge in [-0.25, -0.2) is 4.99 Å². The van der Waals surface area contributed by atoms with Crippen LogP contribution in [0.2, 0.25) is 0 Å². The third-order valence-electron chi connectivity index (χ3n) is 4.67. The second-order valence-corrected chi connectivity index (χ2v) is 7.94. The number of hydrogen-bond donors (Lipinski definition) is 0. The average Bonchev–Trinajstić information content (AvgIpc) is 2.90. The van der Waals surface area contributed by atoms with E-state index in [0.29, 0.717) is 0 Å².